The van der Waals surface area contributed by atoms with Crippen LogP contribution in [0.5, 0.6) is 0 Å². The van der Waals surface area contributed by atoms with Crippen molar-refractivity contribution < 1.29 is 9.53 Å². The Hall–Kier alpha value is -2.67. The minimum Gasteiger partial charge on any atom is -0.382 e. The standard InChI is InChI=1S/C20H25N5O2/c1-12(2)20(26)22-9-5-6-13-10-27-11-16-24-17-18(25(13)16)14-7-3-4-8-15(14)23-19(17)21/h3-4,7-8,12-13H,5-6,9-11H2,1-2H3,(H2,21,23)(H,22,26)/t13-/m0/s1. The molecule has 1 amide bonds. The van der Waals surface area contributed by atoms with E-state index in [4.69, 9.17) is 15.5 Å². The first-order valence-electron chi connectivity index (χ1n) is 9.46. The number of hydrogen-bond acceptors (Lipinski definition) is 5. The van der Waals surface area contributed by atoms with Gasteiger partial charge in [0.05, 0.1) is 23.7 Å². The smallest absolute Gasteiger partial charge is 0.222 e. The summed E-state index contributed by atoms with van der Waals surface area (Å²) in [6, 6.07) is 8.18. The third kappa shape index (κ3) is 3.23. The van der Waals surface area contributed by atoms with E-state index in [9.17, 15) is 4.79 Å². The molecule has 0 spiro atoms. The lowest BCUT2D eigenvalue weighted by atomic mass is 10.1. The van der Waals surface area contributed by atoms with Crippen molar-refractivity contribution in [3.8, 4) is 0 Å². The maximum Gasteiger partial charge on any atom is 0.222 e. The number of aromatic nitrogens is 3. The molecular weight excluding hydrogens is 342 g/mol. The Kier molecular flexibility index (Phi) is 4.70. The summed E-state index contributed by atoms with van der Waals surface area (Å²) in [5.41, 5.74) is 8.84. The van der Waals surface area contributed by atoms with Crippen LogP contribution in [0.15, 0.2) is 24.3 Å². The number of nitrogens with one attached hydrogen (secondary N) is 1. The number of fused-ring (bicyclic) bond motifs is 5. The first-order chi connectivity index (χ1) is 13.1. The number of ether oxygens (including phenoxy) is 1. The molecule has 0 radical (unpaired) electrons. The van der Waals surface area contributed by atoms with E-state index >= 15 is 0 Å². The number of amides is 1. The quantitative estimate of drug-likeness (QED) is 0.676. The molecule has 0 aliphatic carbocycles. The van der Waals surface area contributed by atoms with Crippen molar-refractivity contribution in [1.29, 1.82) is 0 Å². The Morgan fingerprint density at radius 2 is 2.19 bits per heavy atom. The summed E-state index contributed by atoms with van der Waals surface area (Å²) in [7, 11) is 0. The van der Waals surface area contributed by atoms with Crippen LogP contribution in [-0.2, 0) is 16.1 Å². The van der Waals surface area contributed by atoms with Gasteiger partial charge in [-0.3, -0.25) is 4.79 Å². The maximum atomic E-state index is 11.7. The van der Waals surface area contributed by atoms with E-state index in [1.54, 1.807) is 0 Å². The molecule has 4 rings (SSSR count). The van der Waals surface area contributed by atoms with Crippen LogP contribution in [-0.4, -0.2) is 33.6 Å². The van der Waals surface area contributed by atoms with Crippen molar-refractivity contribution in [2.24, 2.45) is 5.92 Å². The SMILES string of the molecule is CC(C)C(=O)NCCC[C@H]1COCc2nc3c(N)nc4ccccc4c3n21. The number of hydrogen-bond donors (Lipinski definition) is 2. The normalized spacial score (nSPS) is 16.8. The molecule has 3 N–H and O–H groups in total. The monoisotopic (exact) mass is 367 g/mol. The fraction of sp³-hybridized carbons (Fsp3) is 0.450. The second kappa shape index (κ2) is 7.15. The highest BCUT2D eigenvalue weighted by molar-refractivity contribution is 6.06. The number of benzene rings is 1. The van der Waals surface area contributed by atoms with E-state index in [0.29, 0.717) is 25.6 Å². The molecule has 2 aromatic heterocycles. The molecule has 142 valence electrons. The van der Waals surface area contributed by atoms with Crippen LogP contribution in [0.1, 0.15) is 38.6 Å². The molecule has 1 aromatic carbocycles. The fourth-order valence-electron chi connectivity index (χ4n) is 3.69. The number of carbonyl (C=O) groups is 1. The summed E-state index contributed by atoms with van der Waals surface area (Å²) in [6.07, 6.45) is 1.78. The van der Waals surface area contributed by atoms with Crippen molar-refractivity contribution in [2.75, 3.05) is 18.9 Å². The van der Waals surface area contributed by atoms with E-state index in [0.717, 1.165) is 40.6 Å². The van der Waals surface area contributed by atoms with Gasteiger partial charge in [-0.1, -0.05) is 32.0 Å². The van der Waals surface area contributed by atoms with Crippen molar-refractivity contribution in [3.05, 3.63) is 30.1 Å². The number of nitrogens with zero attached hydrogens (tertiary/aromatic N) is 3. The van der Waals surface area contributed by atoms with Crippen LogP contribution in [0, 0.1) is 5.92 Å². The highest BCUT2D eigenvalue weighted by atomic mass is 16.5. The summed E-state index contributed by atoms with van der Waals surface area (Å²) >= 11 is 0. The highest BCUT2D eigenvalue weighted by Crippen LogP contribution is 2.34. The van der Waals surface area contributed by atoms with Gasteiger partial charge in [0, 0.05) is 17.8 Å². The Bertz CT molecular complexity index is 995. The van der Waals surface area contributed by atoms with Crippen molar-refractivity contribution in [2.45, 2.75) is 39.3 Å². The van der Waals surface area contributed by atoms with Crippen LogP contribution < -0.4 is 11.1 Å². The average molecular weight is 367 g/mol. The molecule has 7 heteroatoms. The maximum absolute atomic E-state index is 11.7. The molecule has 0 fully saturated rings. The van der Waals surface area contributed by atoms with Crippen molar-refractivity contribution in [3.63, 3.8) is 0 Å². The van der Waals surface area contributed by atoms with Gasteiger partial charge in [-0.25, -0.2) is 9.97 Å². The minimum absolute atomic E-state index is 0.00838. The molecule has 0 saturated heterocycles. The number of carbonyl (C=O) groups excluding carboxylic acids is 1. The predicted molar refractivity (Wildman–Crippen MR) is 105 cm³/mol. The average Bonchev–Trinajstić information content (AvgIpc) is 3.06. The second-order valence-corrected chi connectivity index (χ2v) is 7.37. The Morgan fingerprint density at radius 3 is 3.00 bits per heavy atom. The Balaban J connectivity index is 1.65. The van der Waals surface area contributed by atoms with Gasteiger partial charge in [-0.2, -0.15) is 0 Å². The number of rotatable bonds is 5. The zero-order valence-electron chi connectivity index (χ0n) is 15.7. The highest BCUT2D eigenvalue weighted by Gasteiger charge is 2.26. The van der Waals surface area contributed by atoms with E-state index in [1.165, 1.54) is 0 Å². The number of pyridine rings is 1. The van der Waals surface area contributed by atoms with Crippen LogP contribution in [0.25, 0.3) is 21.9 Å². The Labute approximate surface area is 157 Å². The summed E-state index contributed by atoms with van der Waals surface area (Å²) in [6.45, 7) is 5.58. The molecule has 3 aromatic rings. The van der Waals surface area contributed by atoms with Crippen molar-refractivity contribution >= 4 is 33.7 Å². The third-order valence-corrected chi connectivity index (χ3v) is 5.07. The largest absolute Gasteiger partial charge is 0.382 e. The van der Waals surface area contributed by atoms with Crippen LogP contribution in [0.2, 0.25) is 0 Å². The van der Waals surface area contributed by atoms with Crippen molar-refractivity contribution in [1.82, 2.24) is 19.9 Å². The number of anilines is 1. The first-order valence-corrected chi connectivity index (χ1v) is 9.46. The van der Waals surface area contributed by atoms with Crippen LogP contribution in [0.4, 0.5) is 5.82 Å². The Morgan fingerprint density at radius 1 is 1.37 bits per heavy atom. The molecule has 1 atom stereocenters. The van der Waals surface area contributed by atoms with E-state index in [2.05, 4.69) is 20.9 Å². The molecule has 0 unspecified atom stereocenters. The second-order valence-electron chi connectivity index (χ2n) is 7.37. The lowest BCUT2D eigenvalue weighted by molar-refractivity contribution is -0.123. The van der Waals surface area contributed by atoms with Gasteiger partial charge in [-0.15, -0.1) is 0 Å². The van der Waals surface area contributed by atoms with Gasteiger partial charge in [0.15, 0.2) is 5.82 Å². The molecule has 1 aliphatic heterocycles. The topological polar surface area (TPSA) is 95.1 Å². The first kappa shape index (κ1) is 17.7. The van der Waals surface area contributed by atoms with Gasteiger partial charge < -0.3 is 20.4 Å². The molecule has 0 bridgehead atoms. The summed E-state index contributed by atoms with van der Waals surface area (Å²) < 4.78 is 8.04. The van der Waals surface area contributed by atoms with Crippen LogP contribution in [0.3, 0.4) is 0 Å². The number of imidazole rings is 1. The van der Waals surface area contributed by atoms with Gasteiger partial charge >= 0.3 is 0 Å². The molecular formula is C20H25N5O2. The summed E-state index contributed by atoms with van der Waals surface area (Å²) in [4.78, 5) is 20.9. The fourth-order valence-corrected chi connectivity index (χ4v) is 3.69. The molecule has 0 saturated carbocycles. The molecule has 3 heterocycles. The molecule has 7 nitrogen and oxygen atoms in total. The zero-order valence-corrected chi connectivity index (χ0v) is 15.7. The minimum atomic E-state index is 0.00838. The third-order valence-electron chi connectivity index (χ3n) is 5.07. The molecule has 1 aliphatic rings. The van der Waals surface area contributed by atoms with Gasteiger partial charge in [0.25, 0.3) is 0 Å². The summed E-state index contributed by atoms with van der Waals surface area (Å²) in [5, 5.41) is 4.04. The van der Waals surface area contributed by atoms with E-state index in [1.807, 2.05) is 32.0 Å². The lowest BCUT2D eigenvalue weighted by Gasteiger charge is -2.26. The van der Waals surface area contributed by atoms with Gasteiger partial charge in [0.1, 0.15) is 17.9 Å². The number of nitrogens with two attached hydrogens (primary N) is 1. The summed E-state index contributed by atoms with van der Waals surface area (Å²) in [5.74, 6) is 1.44. The zero-order chi connectivity index (χ0) is 19.0. The van der Waals surface area contributed by atoms with E-state index < -0.39 is 0 Å². The van der Waals surface area contributed by atoms with Gasteiger partial charge in [-0.05, 0) is 18.9 Å². The van der Waals surface area contributed by atoms with Crippen LogP contribution >= 0.6 is 0 Å². The molecule has 27 heavy (non-hydrogen) atoms. The predicted octanol–water partition coefficient (Wildman–Crippen LogP) is 2.79. The number of para-hydroxylation sites is 1. The van der Waals surface area contributed by atoms with Gasteiger partial charge in [0.2, 0.25) is 5.91 Å². The van der Waals surface area contributed by atoms with E-state index in [-0.39, 0.29) is 17.9 Å². The number of nitrogen functional groups attached to an aromatic ring is 1. The lowest BCUT2D eigenvalue weighted by Crippen LogP contribution is -2.30.